The van der Waals surface area contributed by atoms with Gasteiger partial charge in [0, 0.05) is 18.0 Å². The molecule has 0 amide bonds. The van der Waals surface area contributed by atoms with Crippen LogP contribution in [0.4, 0.5) is 38.1 Å². The number of alkyl halides is 6. The number of carboxylic acids is 1. The molecule has 1 aromatic heterocycles. The summed E-state index contributed by atoms with van der Waals surface area (Å²) in [6, 6.07) is 8.70. The molecular weight excluding hydrogens is 458 g/mol. The summed E-state index contributed by atoms with van der Waals surface area (Å²) in [5.74, 6) is -2.05. The summed E-state index contributed by atoms with van der Waals surface area (Å²) in [7, 11) is 1.68. The number of carboxylic acid groups (broad SMARTS) is 1. The summed E-state index contributed by atoms with van der Waals surface area (Å²) in [5, 5.41) is 10.7. The lowest BCUT2D eigenvalue weighted by atomic mass is 9.97. The fraction of sp³-hybridized carbons (Fsp3) is 0.250. The van der Waals surface area contributed by atoms with E-state index in [1.807, 2.05) is 0 Å². The number of benzene rings is 2. The van der Waals surface area contributed by atoms with Crippen molar-refractivity contribution in [2.45, 2.75) is 19.3 Å². The van der Waals surface area contributed by atoms with Gasteiger partial charge in [-0.3, -0.25) is 0 Å². The lowest BCUT2D eigenvalue weighted by Crippen LogP contribution is -2.21. The molecule has 0 spiro atoms. The third kappa shape index (κ3) is 6.14. The van der Waals surface area contributed by atoms with E-state index in [-0.39, 0.29) is 23.9 Å². The standard InChI is InChI=1S/C18H17F3N4O.C2HF3O2/c1-3-26-14-6-4-5-12(18(19,20)21)15(14)10-7-8-11-13(9-10)24-17(22)25-16(11)23-2;3-2(4,5)1(6)7/h4-9H,3H2,1-2H3,(H3,22,23,24,25);(H,6,7). The quantitative estimate of drug-likeness (QED) is 0.456. The van der Waals surface area contributed by atoms with Crippen molar-refractivity contribution in [2.75, 3.05) is 24.7 Å². The van der Waals surface area contributed by atoms with Crippen LogP contribution in [0.25, 0.3) is 22.0 Å². The van der Waals surface area contributed by atoms with E-state index in [2.05, 4.69) is 15.3 Å². The van der Waals surface area contributed by atoms with Gasteiger partial charge in [-0.15, -0.1) is 0 Å². The van der Waals surface area contributed by atoms with Gasteiger partial charge in [0.1, 0.15) is 11.6 Å². The molecule has 0 unspecified atom stereocenters. The number of hydrogen-bond donors (Lipinski definition) is 3. The molecule has 0 saturated carbocycles. The highest BCUT2D eigenvalue weighted by Crippen LogP contribution is 2.43. The van der Waals surface area contributed by atoms with Crippen LogP contribution in [0.2, 0.25) is 0 Å². The number of hydrogen-bond acceptors (Lipinski definition) is 6. The Hall–Kier alpha value is -3.77. The Morgan fingerprint density at radius 1 is 1.12 bits per heavy atom. The lowest BCUT2D eigenvalue weighted by Gasteiger charge is -2.17. The third-order valence-electron chi connectivity index (χ3n) is 4.11. The lowest BCUT2D eigenvalue weighted by molar-refractivity contribution is -0.192. The Bertz CT molecular complexity index is 1150. The molecule has 0 bridgehead atoms. The van der Waals surface area contributed by atoms with Crippen LogP contribution >= 0.6 is 0 Å². The van der Waals surface area contributed by atoms with Gasteiger partial charge < -0.3 is 20.9 Å². The average Bonchev–Trinajstić information content (AvgIpc) is 2.71. The van der Waals surface area contributed by atoms with E-state index in [9.17, 15) is 26.3 Å². The van der Waals surface area contributed by atoms with Crippen molar-refractivity contribution < 1.29 is 41.0 Å². The van der Waals surface area contributed by atoms with Gasteiger partial charge in [0.15, 0.2) is 0 Å². The zero-order valence-electron chi connectivity index (χ0n) is 17.2. The molecule has 13 heteroatoms. The number of halogens is 6. The van der Waals surface area contributed by atoms with Gasteiger partial charge in [0.25, 0.3) is 0 Å². The predicted molar refractivity (Wildman–Crippen MR) is 109 cm³/mol. The molecule has 7 nitrogen and oxygen atoms in total. The first-order valence-corrected chi connectivity index (χ1v) is 9.18. The first-order chi connectivity index (χ1) is 15.3. The van der Waals surface area contributed by atoms with Crippen molar-refractivity contribution in [1.29, 1.82) is 0 Å². The monoisotopic (exact) mass is 476 g/mol. The molecule has 178 valence electrons. The molecule has 0 saturated heterocycles. The number of rotatable bonds is 4. The topological polar surface area (TPSA) is 110 Å². The van der Waals surface area contributed by atoms with E-state index < -0.39 is 23.9 Å². The highest BCUT2D eigenvalue weighted by Gasteiger charge is 2.38. The Balaban J connectivity index is 0.000000479. The second-order valence-electron chi connectivity index (χ2n) is 6.32. The second kappa shape index (κ2) is 9.79. The summed E-state index contributed by atoms with van der Waals surface area (Å²) in [6.07, 6.45) is -9.60. The highest BCUT2D eigenvalue weighted by molar-refractivity contribution is 5.93. The van der Waals surface area contributed by atoms with Crippen molar-refractivity contribution >= 4 is 28.6 Å². The van der Waals surface area contributed by atoms with Crippen LogP contribution in [-0.2, 0) is 11.0 Å². The molecule has 0 fully saturated rings. The number of carbonyl (C=O) groups is 1. The number of fused-ring (bicyclic) bond motifs is 1. The minimum absolute atomic E-state index is 0.0214. The Morgan fingerprint density at radius 2 is 1.76 bits per heavy atom. The summed E-state index contributed by atoms with van der Waals surface area (Å²) in [4.78, 5) is 17.1. The highest BCUT2D eigenvalue weighted by atomic mass is 19.4. The molecule has 4 N–H and O–H groups in total. The fourth-order valence-electron chi connectivity index (χ4n) is 2.83. The normalized spacial score (nSPS) is 11.5. The van der Waals surface area contributed by atoms with Crippen molar-refractivity contribution in [2.24, 2.45) is 0 Å². The number of aromatic nitrogens is 2. The summed E-state index contributed by atoms with van der Waals surface area (Å²) < 4.78 is 77.8. The molecule has 0 aliphatic rings. The number of nitrogens with one attached hydrogen (secondary N) is 1. The van der Waals surface area contributed by atoms with Crippen molar-refractivity contribution in [3.8, 4) is 16.9 Å². The van der Waals surface area contributed by atoms with Crippen molar-refractivity contribution in [3.63, 3.8) is 0 Å². The van der Waals surface area contributed by atoms with Crippen LogP contribution in [0, 0.1) is 0 Å². The van der Waals surface area contributed by atoms with Gasteiger partial charge in [0.2, 0.25) is 5.95 Å². The maximum absolute atomic E-state index is 13.5. The Morgan fingerprint density at radius 3 is 2.27 bits per heavy atom. The van der Waals surface area contributed by atoms with Crippen molar-refractivity contribution in [3.05, 3.63) is 42.0 Å². The fourth-order valence-corrected chi connectivity index (χ4v) is 2.83. The van der Waals surface area contributed by atoms with Crippen LogP contribution in [-0.4, -0.2) is 40.9 Å². The number of nitrogens with two attached hydrogens (primary N) is 1. The smallest absolute Gasteiger partial charge is 0.490 e. The van der Waals surface area contributed by atoms with Gasteiger partial charge >= 0.3 is 18.3 Å². The number of anilines is 2. The molecule has 3 aromatic rings. The van der Waals surface area contributed by atoms with Gasteiger partial charge in [-0.1, -0.05) is 12.1 Å². The molecule has 33 heavy (non-hydrogen) atoms. The van der Waals surface area contributed by atoms with Crippen LogP contribution in [0.15, 0.2) is 36.4 Å². The maximum atomic E-state index is 13.5. The number of aliphatic carboxylic acids is 1. The first-order valence-electron chi connectivity index (χ1n) is 9.18. The van der Waals surface area contributed by atoms with Crippen LogP contribution in [0.5, 0.6) is 5.75 Å². The molecule has 0 aliphatic carbocycles. The second-order valence-corrected chi connectivity index (χ2v) is 6.32. The van der Waals surface area contributed by atoms with E-state index in [4.69, 9.17) is 20.4 Å². The van der Waals surface area contributed by atoms with Crippen LogP contribution in [0.3, 0.4) is 0 Å². The zero-order valence-corrected chi connectivity index (χ0v) is 17.2. The summed E-state index contributed by atoms with van der Waals surface area (Å²) >= 11 is 0. The molecular formula is C20H18F6N4O3. The van der Waals surface area contributed by atoms with Gasteiger partial charge in [-0.2, -0.15) is 31.3 Å². The summed E-state index contributed by atoms with van der Waals surface area (Å²) in [6.45, 7) is 1.97. The van der Waals surface area contributed by atoms with E-state index in [1.54, 1.807) is 32.2 Å². The largest absolute Gasteiger partial charge is 0.493 e. The summed E-state index contributed by atoms with van der Waals surface area (Å²) in [5.41, 5.74) is 5.70. The number of nitrogen functional groups attached to an aromatic ring is 1. The molecule has 0 radical (unpaired) electrons. The molecule has 0 atom stereocenters. The maximum Gasteiger partial charge on any atom is 0.490 e. The Labute approximate surface area is 183 Å². The van der Waals surface area contributed by atoms with E-state index in [1.165, 1.54) is 12.1 Å². The predicted octanol–water partition coefficient (Wildman–Crippen LogP) is 4.97. The first kappa shape index (κ1) is 25.5. The van der Waals surface area contributed by atoms with Gasteiger partial charge in [-0.25, -0.2) is 9.78 Å². The van der Waals surface area contributed by atoms with Gasteiger partial charge in [-0.05, 0) is 36.8 Å². The van der Waals surface area contributed by atoms with Crippen LogP contribution < -0.4 is 15.8 Å². The van der Waals surface area contributed by atoms with E-state index >= 15 is 0 Å². The number of ether oxygens (including phenoxy) is 1. The minimum atomic E-state index is -5.08. The molecule has 2 aromatic carbocycles. The van der Waals surface area contributed by atoms with Gasteiger partial charge in [0.05, 0.1) is 17.7 Å². The minimum Gasteiger partial charge on any atom is -0.493 e. The molecule has 1 heterocycles. The molecule has 0 aliphatic heterocycles. The van der Waals surface area contributed by atoms with E-state index in [0.717, 1.165) is 6.07 Å². The zero-order chi connectivity index (χ0) is 25.0. The third-order valence-corrected chi connectivity index (χ3v) is 4.11. The Kier molecular flexibility index (Phi) is 7.57. The van der Waals surface area contributed by atoms with E-state index in [0.29, 0.717) is 22.3 Å². The van der Waals surface area contributed by atoms with Crippen LogP contribution in [0.1, 0.15) is 12.5 Å². The SMILES string of the molecule is CCOc1cccc(C(F)(F)F)c1-c1ccc2c(NC)nc(N)nc2c1.O=C(O)C(F)(F)F. The molecule has 3 rings (SSSR count). The number of nitrogens with zero attached hydrogens (tertiary/aromatic N) is 2. The van der Waals surface area contributed by atoms with Crippen molar-refractivity contribution in [1.82, 2.24) is 9.97 Å². The average molecular weight is 476 g/mol.